The summed E-state index contributed by atoms with van der Waals surface area (Å²) in [5.74, 6) is -0.235. The highest BCUT2D eigenvalue weighted by molar-refractivity contribution is 5.96. The summed E-state index contributed by atoms with van der Waals surface area (Å²) in [6.45, 7) is -1.15. The van der Waals surface area contributed by atoms with Crippen LogP contribution in [0.5, 0.6) is 5.75 Å². The Morgan fingerprint density at radius 2 is 1.23 bits per heavy atom. The van der Waals surface area contributed by atoms with Gasteiger partial charge >= 0.3 is 6.61 Å². The number of hydrogen-bond donors (Lipinski definition) is 0. The minimum Gasteiger partial charge on any atom is -0.435 e. The molecule has 3 rings (SSSR count). The zero-order valence-electron chi connectivity index (χ0n) is 14.0. The van der Waals surface area contributed by atoms with Crippen molar-refractivity contribution in [2.24, 2.45) is 0 Å². The second-order valence-corrected chi connectivity index (χ2v) is 5.85. The first-order valence-corrected chi connectivity index (χ1v) is 8.23. The summed E-state index contributed by atoms with van der Waals surface area (Å²) in [5, 5.41) is 0. The minimum absolute atomic E-state index is 0.00910. The van der Waals surface area contributed by atoms with Gasteiger partial charge in [-0.3, -0.25) is 9.59 Å². The van der Waals surface area contributed by atoms with Gasteiger partial charge in [-0.2, -0.15) is 8.78 Å². The molecule has 2 aromatic carbocycles. The van der Waals surface area contributed by atoms with Crippen molar-refractivity contribution in [1.29, 1.82) is 0 Å². The zero-order valence-corrected chi connectivity index (χ0v) is 14.0. The van der Waals surface area contributed by atoms with Crippen molar-refractivity contribution in [2.45, 2.75) is 6.61 Å². The van der Waals surface area contributed by atoms with Gasteiger partial charge in [-0.1, -0.05) is 18.2 Å². The third-order valence-corrected chi connectivity index (χ3v) is 4.20. The normalized spacial score (nSPS) is 14.4. The molecule has 1 saturated heterocycles. The van der Waals surface area contributed by atoms with E-state index in [9.17, 15) is 18.4 Å². The average molecular weight is 360 g/mol. The van der Waals surface area contributed by atoms with Crippen molar-refractivity contribution in [2.75, 3.05) is 26.2 Å². The Balaban J connectivity index is 1.57. The van der Waals surface area contributed by atoms with E-state index < -0.39 is 6.61 Å². The van der Waals surface area contributed by atoms with E-state index in [0.717, 1.165) is 0 Å². The van der Waals surface area contributed by atoms with Crippen molar-refractivity contribution in [3.05, 3.63) is 65.7 Å². The van der Waals surface area contributed by atoms with Gasteiger partial charge < -0.3 is 14.5 Å². The molecule has 2 amide bonds. The van der Waals surface area contributed by atoms with Crippen LogP contribution in [0.1, 0.15) is 20.7 Å². The minimum atomic E-state index is -2.90. The van der Waals surface area contributed by atoms with E-state index in [4.69, 9.17) is 0 Å². The quantitative estimate of drug-likeness (QED) is 0.842. The van der Waals surface area contributed by atoms with Crippen LogP contribution in [0, 0.1) is 0 Å². The predicted octanol–water partition coefficient (Wildman–Crippen LogP) is 2.89. The first-order chi connectivity index (χ1) is 12.5. The molecule has 5 nitrogen and oxygen atoms in total. The Hall–Kier alpha value is -2.96. The monoisotopic (exact) mass is 360 g/mol. The lowest BCUT2D eigenvalue weighted by Gasteiger charge is -2.34. The Morgan fingerprint density at radius 3 is 1.69 bits per heavy atom. The smallest absolute Gasteiger partial charge is 0.387 e. The molecule has 0 unspecified atom stereocenters. The summed E-state index contributed by atoms with van der Waals surface area (Å²) >= 11 is 0. The Morgan fingerprint density at radius 1 is 0.769 bits per heavy atom. The van der Waals surface area contributed by atoms with Gasteiger partial charge in [0.15, 0.2) is 0 Å². The van der Waals surface area contributed by atoms with Crippen LogP contribution in [0.25, 0.3) is 0 Å². The summed E-state index contributed by atoms with van der Waals surface area (Å²) in [5.41, 5.74) is 1.02. The van der Waals surface area contributed by atoms with Crippen LogP contribution < -0.4 is 4.74 Å². The molecule has 0 aromatic heterocycles. The Bertz CT molecular complexity index is 758. The molecule has 26 heavy (non-hydrogen) atoms. The number of benzene rings is 2. The van der Waals surface area contributed by atoms with Gasteiger partial charge in [-0.25, -0.2) is 0 Å². The number of piperazine rings is 1. The van der Waals surface area contributed by atoms with Crippen LogP contribution >= 0.6 is 0 Å². The lowest BCUT2D eigenvalue weighted by molar-refractivity contribution is -0.0498. The molecule has 0 bridgehead atoms. The van der Waals surface area contributed by atoms with E-state index in [1.165, 1.54) is 24.3 Å². The van der Waals surface area contributed by atoms with Crippen LogP contribution in [0.15, 0.2) is 54.6 Å². The van der Waals surface area contributed by atoms with Crippen LogP contribution in [0.2, 0.25) is 0 Å². The highest BCUT2D eigenvalue weighted by Crippen LogP contribution is 2.17. The van der Waals surface area contributed by atoms with Crippen molar-refractivity contribution in [1.82, 2.24) is 9.80 Å². The number of halogens is 2. The van der Waals surface area contributed by atoms with Gasteiger partial charge in [-0.05, 0) is 36.4 Å². The van der Waals surface area contributed by atoms with E-state index in [0.29, 0.717) is 37.3 Å². The molecular weight excluding hydrogens is 342 g/mol. The maximum Gasteiger partial charge on any atom is 0.387 e. The van der Waals surface area contributed by atoms with Crippen molar-refractivity contribution < 1.29 is 23.1 Å². The molecule has 136 valence electrons. The molecular formula is C19H18F2N2O3. The van der Waals surface area contributed by atoms with Gasteiger partial charge in [0.25, 0.3) is 11.8 Å². The van der Waals surface area contributed by atoms with Crippen molar-refractivity contribution >= 4 is 11.8 Å². The summed E-state index contributed by atoms with van der Waals surface area (Å²) in [6, 6.07) is 14.6. The van der Waals surface area contributed by atoms with Gasteiger partial charge in [-0.15, -0.1) is 0 Å². The van der Waals surface area contributed by atoms with Gasteiger partial charge in [0, 0.05) is 37.3 Å². The summed E-state index contributed by atoms with van der Waals surface area (Å²) in [7, 11) is 0. The number of carbonyl (C=O) groups is 2. The molecule has 1 heterocycles. The molecule has 0 aliphatic carbocycles. The molecule has 0 saturated carbocycles. The maximum absolute atomic E-state index is 12.5. The zero-order chi connectivity index (χ0) is 18.5. The Kier molecular flexibility index (Phi) is 5.46. The first-order valence-electron chi connectivity index (χ1n) is 8.23. The number of amides is 2. The average Bonchev–Trinajstić information content (AvgIpc) is 2.68. The number of ether oxygens (including phenoxy) is 1. The molecule has 0 radical (unpaired) electrons. The number of hydrogen-bond acceptors (Lipinski definition) is 3. The third-order valence-electron chi connectivity index (χ3n) is 4.20. The number of alkyl halides is 2. The van der Waals surface area contributed by atoms with Crippen LogP contribution in [0.3, 0.4) is 0 Å². The first kappa shape index (κ1) is 17.8. The highest BCUT2D eigenvalue weighted by atomic mass is 19.3. The van der Waals surface area contributed by atoms with Crippen LogP contribution in [0.4, 0.5) is 8.78 Å². The largest absolute Gasteiger partial charge is 0.435 e. The second-order valence-electron chi connectivity index (χ2n) is 5.85. The van der Waals surface area contributed by atoms with E-state index >= 15 is 0 Å². The van der Waals surface area contributed by atoms with E-state index in [1.54, 1.807) is 21.9 Å². The lowest BCUT2D eigenvalue weighted by Crippen LogP contribution is -2.50. The molecule has 0 atom stereocenters. The third kappa shape index (κ3) is 4.17. The van der Waals surface area contributed by atoms with Gasteiger partial charge in [0.05, 0.1) is 0 Å². The molecule has 1 fully saturated rings. The van der Waals surface area contributed by atoms with Crippen LogP contribution in [-0.2, 0) is 0 Å². The molecule has 7 heteroatoms. The van der Waals surface area contributed by atoms with Gasteiger partial charge in [0.2, 0.25) is 0 Å². The topological polar surface area (TPSA) is 49.9 Å². The number of carbonyl (C=O) groups excluding carboxylic acids is 2. The molecule has 0 N–H and O–H groups in total. The fourth-order valence-corrected chi connectivity index (χ4v) is 2.84. The molecule has 2 aromatic rings. The Labute approximate surface area is 149 Å². The number of rotatable bonds is 4. The molecule has 0 spiro atoms. The van der Waals surface area contributed by atoms with Crippen molar-refractivity contribution in [3.8, 4) is 5.75 Å². The SMILES string of the molecule is O=C(c1ccccc1)N1CCN(C(=O)c2ccc(OC(F)F)cc2)CC1. The van der Waals surface area contributed by atoms with Crippen LogP contribution in [-0.4, -0.2) is 54.4 Å². The maximum atomic E-state index is 12.5. The molecule has 1 aliphatic rings. The number of nitrogens with zero attached hydrogens (tertiary/aromatic N) is 2. The van der Waals surface area contributed by atoms with Gasteiger partial charge in [0.1, 0.15) is 5.75 Å². The van der Waals surface area contributed by atoms with E-state index in [-0.39, 0.29) is 17.6 Å². The molecule has 1 aliphatic heterocycles. The highest BCUT2D eigenvalue weighted by Gasteiger charge is 2.25. The lowest BCUT2D eigenvalue weighted by atomic mass is 10.1. The predicted molar refractivity (Wildman–Crippen MR) is 91.3 cm³/mol. The van der Waals surface area contributed by atoms with E-state index in [1.807, 2.05) is 18.2 Å². The summed E-state index contributed by atoms with van der Waals surface area (Å²) in [6.07, 6.45) is 0. The van der Waals surface area contributed by atoms with Crippen molar-refractivity contribution in [3.63, 3.8) is 0 Å². The second kappa shape index (κ2) is 7.95. The van der Waals surface area contributed by atoms with E-state index in [2.05, 4.69) is 4.74 Å². The summed E-state index contributed by atoms with van der Waals surface area (Å²) in [4.78, 5) is 28.3. The fourth-order valence-electron chi connectivity index (χ4n) is 2.84. The fraction of sp³-hybridized carbons (Fsp3) is 0.263. The summed E-state index contributed by atoms with van der Waals surface area (Å²) < 4.78 is 28.6. The standard InChI is InChI=1S/C19H18F2N2O3/c20-19(21)26-16-8-6-15(7-9-16)18(25)23-12-10-22(11-13-23)17(24)14-4-2-1-3-5-14/h1-9,19H,10-13H2.